The molecular formula is C12H19N3O4. The molecule has 0 saturated heterocycles. The zero-order valence-corrected chi connectivity index (χ0v) is 11.6. The molecule has 0 radical (unpaired) electrons. The van der Waals surface area contributed by atoms with Gasteiger partial charge in [-0.05, 0) is 20.8 Å². The number of methoxy groups -OCH3 is 1. The van der Waals surface area contributed by atoms with Crippen LogP contribution in [-0.4, -0.2) is 41.1 Å². The molecule has 0 fully saturated rings. The second-order valence-corrected chi connectivity index (χ2v) is 4.91. The van der Waals surface area contributed by atoms with Crippen LogP contribution < -0.4 is 5.32 Å². The number of hydrogen-bond donors (Lipinski definition) is 1. The minimum Gasteiger partial charge on any atom is -0.465 e. The van der Waals surface area contributed by atoms with E-state index in [1.165, 1.54) is 13.3 Å². The monoisotopic (exact) mass is 269 g/mol. The fourth-order valence-electron chi connectivity index (χ4n) is 1.30. The van der Waals surface area contributed by atoms with Gasteiger partial charge in [-0.25, -0.2) is 9.59 Å². The van der Waals surface area contributed by atoms with E-state index in [4.69, 9.17) is 4.74 Å². The Labute approximate surface area is 111 Å². The van der Waals surface area contributed by atoms with E-state index in [1.54, 1.807) is 31.6 Å². The van der Waals surface area contributed by atoms with Gasteiger partial charge in [0.05, 0.1) is 25.4 Å². The molecule has 0 aliphatic heterocycles. The van der Waals surface area contributed by atoms with Gasteiger partial charge < -0.3 is 14.8 Å². The third kappa shape index (κ3) is 5.41. The van der Waals surface area contributed by atoms with Gasteiger partial charge in [0, 0.05) is 12.7 Å². The Bertz CT molecular complexity index is 448. The lowest BCUT2D eigenvalue weighted by Gasteiger charge is -2.19. The number of carbonyl (C=O) groups excluding carboxylic acids is 2. The topological polar surface area (TPSA) is 82.5 Å². The molecule has 0 atom stereocenters. The van der Waals surface area contributed by atoms with Gasteiger partial charge in [0.25, 0.3) is 0 Å². The molecule has 1 aromatic heterocycles. The summed E-state index contributed by atoms with van der Waals surface area (Å²) in [6.45, 7) is 6.18. The van der Waals surface area contributed by atoms with Crippen molar-refractivity contribution in [3.8, 4) is 0 Å². The fourth-order valence-corrected chi connectivity index (χ4v) is 1.30. The Morgan fingerprint density at radius 1 is 1.42 bits per heavy atom. The van der Waals surface area contributed by atoms with Crippen molar-refractivity contribution < 1.29 is 19.1 Å². The van der Waals surface area contributed by atoms with Gasteiger partial charge in [-0.15, -0.1) is 0 Å². The first kappa shape index (κ1) is 15.0. The maximum Gasteiger partial charge on any atom is 0.407 e. The molecule has 0 spiro atoms. The highest BCUT2D eigenvalue weighted by Crippen LogP contribution is 2.06. The maximum absolute atomic E-state index is 11.4. The van der Waals surface area contributed by atoms with Gasteiger partial charge in [-0.1, -0.05) is 0 Å². The maximum atomic E-state index is 11.4. The van der Waals surface area contributed by atoms with Gasteiger partial charge in [0.2, 0.25) is 0 Å². The summed E-state index contributed by atoms with van der Waals surface area (Å²) in [5.41, 5.74) is -0.145. The number of aromatic nitrogens is 2. The molecule has 0 aromatic carbocycles. The van der Waals surface area contributed by atoms with Crippen LogP contribution in [0.1, 0.15) is 31.1 Å². The summed E-state index contributed by atoms with van der Waals surface area (Å²) in [5, 5.41) is 6.58. The highest BCUT2D eigenvalue weighted by molar-refractivity contribution is 5.88. The normalized spacial score (nSPS) is 10.9. The van der Waals surface area contributed by atoms with Gasteiger partial charge in [0.1, 0.15) is 5.60 Å². The lowest BCUT2D eigenvalue weighted by atomic mass is 10.2. The summed E-state index contributed by atoms with van der Waals surface area (Å²) in [6, 6.07) is 0. The van der Waals surface area contributed by atoms with Crippen LogP contribution in [0.4, 0.5) is 4.79 Å². The van der Waals surface area contributed by atoms with Gasteiger partial charge in [-0.3, -0.25) is 4.68 Å². The third-order valence-corrected chi connectivity index (χ3v) is 2.06. The summed E-state index contributed by atoms with van der Waals surface area (Å²) in [5.74, 6) is -0.439. The Balaban J connectivity index is 2.35. The second-order valence-electron chi connectivity index (χ2n) is 4.91. The molecule has 0 unspecified atom stereocenters. The quantitative estimate of drug-likeness (QED) is 0.830. The van der Waals surface area contributed by atoms with E-state index in [1.807, 2.05) is 0 Å². The van der Waals surface area contributed by atoms with Crippen molar-refractivity contribution in [2.75, 3.05) is 13.7 Å². The smallest absolute Gasteiger partial charge is 0.407 e. The Morgan fingerprint density at radius 3 is 2.68 bits per heavy atom. The van der Waals surface area contributed by atoms with Crippen molar-refractivity contribution in [3.05, 3.63) is 18.0 Å². The molecule has 1 aromatic rings. The molecule has 7 nitrogen and oxygen atoms in total. The lowest BCUT2D eigenvalue weighted by Crippen LogP contribution is -2.34. The Kier molecular flexibility index (Phi) is 4.91. The molecule has 106 valence electrons. The number of alkyl carbamates (subject to hydrolysis) is 1. The predicted molar refractivity (Wildman–Crippen MR) is 67.8 cm³/mol. The van der Waals surface area contributed by atoms with E-state index in [9.17, 15) is 9.59 Å². The SMILES string of the molecule is COC(=O)c1cnn(CCNC(=O)OC(C)(C)C)c1. The van der Waals surface area contributed by atoms with Gasteiger partial charge >= 0.3 is 12.1 Å². The summed E-state index contributed by atoms with van der Waals surface area (Å²) in [6.07, 6.45) is 2.50. The number of ether oxygens (including phenoxy) is 2. The molecule has 0 aliphatic rings. The number of nitrogens with zero attached hydrogens (tertiary/aromatic N) is 2. The molecule has 1 heterocycles. The first-order valence-corrected chi connectivity index (χ1v) is 5.89. The minimum atomic E-state index is -0.520. The van der Waals surface area contributed by atoms with Crippen LogP contribution in [0.3, 0.4) is 0 Å². The van der Waals surface area contributed by atoms with Crippen molar-refractivity contribution >= 4 is 12.1 Å². The second kappa shape index (κ2) is 6.21. The third-order valence-electron chi connectivity index (χ3n) is 2.06. The number of hydrogen-bond acceptors (Lipinski definition) is 5. The van der Waals surface area contributed by atoms with E-state index in [0.29, 0.717) is 18.7 Å². The molecule has 0 aliphatic carbocycles. The molecule has 0 bridgehead atoms. The van der Waals surface area contributed by atoms with Crippen LogP contribution in [0.2, 0.25) is 0 Å². The molecule has 0 saturated carbocycles. The number of nitrogens with one attached hydrogen (secondary N) is 1. The van der Waals surface area contributed by atoms with Crippen molar-refractivity contribution in [2.24, 2.45) is 0 Å². The van der Waals surface area contributed by atoms with Crippen LogP contribution in [0, 0.1) is 0 Å². The summed E-state index contributed by atoms with van der Waals surface area (Å²) < 4.78 is 11.2. The standard InChI is InChI=1S/C12H19N3O4/c1-12(2,3)19-11(17)13-5-6-15-8-9(7-14-15)10(16)18-4/h7-8H,5-6H2,1-4H3,(H,13,17). The average Bonchev–Trinajstić information content (AvgIpc) is 2.74. The van der Waals surface area contributed by atoms with Gasteiger partial charge in [0.15, 0.2) is 0 Å². The van der Waals surface area contributed by atoms with E-state index < -0.39 is 17.7 Å². The molecule has 7 heteroatoms. The summed E-state index contributed by atoms with van der Waals surface area (Å²) in [4.78, 5) is 22.6. The zero-order valence-electron chi connectivity index (χ0n) is 11.6. The number of carbonyl (C=O) groups is 2. The van der Waals surface area contributed by atoms with Crippen molar-refractivity contribution in [3.63, 3.8) is 0 Å². The van der Waals surface area contributed by atoms with E-state index in [2.05, 4.69) is 15.2 Å². The highest BCUT2D eigenvalue weighted by Gasteiger charge is 2.15. The van der Waals surface area contributed by atoms with Crippen LogP contribution in [0.25, 0.3) is 0 Å². The molecule has 1 amide bonds. The fraction of sp³-hybridized carbons (Fsp3) is 0.583. The number of rotatable bonds is 4. The Hall–Kier alpha value is -2.05. The molecule has 1 rings (SSSR count). The van der Waals surface area contributed by atoms with Crippen molar-refractivity contribution in [1.29, 1.82) is 0 Å². The van der Waals surface area contributed by atoms with Crippen LogP contribution in [0.5, 0.6) is 0 Å². The predicted octanol–water partition coefficient (Wildman–Crippen LogP) is 1.19. The molecular weight excluding hydrogens is 250 g/mol. The first-order valence-electron chi connectivity index (χ1n) is 5.89. The van der Waals surface area contributed by atoms with Crippen LogP contribution >= 0.6 is 0 Å². The van der Waals surface area contributed by atoms with E-state index in [0.717, 1.165) is 0 Å². The summed E-state index contributed by atoms with van der Waals surface area (Å²) >= 11 is 0. The van der Waals surface area contributed by atoms with E-state index in [-0.39, 0.29) is 0 Å². The average molecular weight is 269 g/mol. The first-order chi connectivity index (χ1) is 8.81. The van der Waals surface area contributed by atoms with Crippen molar-refractivity contribution in [1.82, 2.24) is 15.1 Å². The van der Waals surface area contributed by atoms with E-state index >= 15 is 0 Å². The molecule has 1 N–H and O–H groups in total. The number of amides is 1. The lowest BCUT2D eigenvalue weighted by molar-refractivity contribution is 0.0524. The largest absolute Gasteiger partial charge is 0.465 e. The number of esters is 1. The summed E-state index contributed by atoms with van der Waals surface area (Å²) in [7, 11) is 1.31. The zero-order chi connectivity index (χ0) is 14.5. The highest BCUT2D eigenvalue weighted by atomic mass is 16.6. The van der Waals surface area contributed by atoms with Gasteiger partial charge in [-0.2, -0.15) is 5.10 Å². The van der Waals surface area contributed by atoms with Crippen LogP contribution in [-0.2, 0) is 16.0 Å². The van der Waals surface area contributed by atoms with Crippen molar-refractivity contribution in [2.45, 2.75) is 32.9 Å². The molecule has 19 heavy (non-hydrogen) atoms. The minimum absolute atomic E-state index is 0.358. The Morgan fingerprint density at radius 2 is 2.11 bits per heavy atom. The van der Waals surface area contributed by atoms with Crippen LogP contribution in [0.15, 0.2) is 12.4 Å².